The maximum absolute atomic E-state index is 11.2. The quantitative estimate of drug-likeness (QED) is 0.364. The molecule has 0 spiro atoms. The Morgan fingerprint density at radius 1 is 1.50 bits per heavy atom. The summed E-state index contributed by atoms with van der Waals surface area (Å²) >= 11 is 0. The molecule has 5 nitrogen and oxygen atoms in total. The van der Waals surface area contributed by atoms with Crippen LogP contribution in [0.15, 0.2) is 22.6 Å². The second-order valence-corrected chi connectivity index (χ2v) is 3.02. The summed E-state index contributed by atoms with van der Waals surface area (Å²) < 4.78 is 9.53. The first-order chi connectivity index (χ1) is 7.54. The van der Waals surface area contributed by atoms with Crippen molar-refractivity contribution in [3.8, 4) is 0 Å². The van der Waals surface area contributed by atoms with Crippen molar-refractivity contribution in [1.82, 2.24) is 0 Å². The molecule has 0 aliphatic heterocycles. The molecule has 0 radical (unpaired) electrons. The number of hydrogen-bond acceptors (Lipinski definition) is 5. The first kappa shape index (κ1) is 12.0. The van der Waals surface area contributed by atoms with Gasteiger partial charge in [-0.1, -0.05) is 0 Å². The highest BCUT2D eigenvalue weighted by Gasteiger charge is 2.14. The molecular formula is C11H12O5. The van der Waals surface area contributed by atoms with Crippen LogP contribution in [0.4, 0.5) is 0 Å². The zero-order valence-corrected chi connectivity index (χ0v) is 9.02. The highest BCUT2D eigenvalue weighted by molar-refractivity contribution is 6.39. The van der Waals surface area contributed by atoms with Gasteiger partial charge in [-0.15, -0.1) is 0 Å². The molecule has 1 heterocycles. The van der Waals surface area contributed by atoms with Crippen molar-refractivity contribution < 1.29 is 23.8 Å². The third kappa shape index (κ3) is 2.98. The van der Waals surface area contributed by atoms with Crippen molar-refractivity contribution in [1.29, 1.82) is 0 Å². The van der Waals surface area contributed by atoms with Crippen molar-refractivity contribution in [2.45, 2.75) is 13.8 Å². The van der Waals surface area contributed by atoms with Crippen LogP contribution < -0.4 is 0 Å². The van der Waals surface area contributed by atoms with Crippen LogP contribution in [-0.4, -0.2) is 23.5 Å². The van der Waals surface area contributed by atoms with E-state index in [1.165, 1.54) is 6.07 Å². The standard InChI is InChI=1S/C11H12O5/c1-3-15-11(14)9(13)6-8(12)10-5-4-7(2)16-10/h4-6,12H,3H2,1-2H3. The minimum atomic E-state index is -1.00. The minimum Gasteiger partial charge on any atom is -0.504 e. The predicted octanol–water partition coefficient (Wildman–Crippen LogP) is 1.62. The Labute approximate surface area is 92.3 Å². The molecule has 5 heteroatoms. The minimum absolute atomic E-state index is 0.110. The van der Waals surface area contributed by atoms with E-state index in [0.717, 1.165) is 6.08 Å². The molecule has 0 atom stereocenters. The summed E-state index contributed by atoms with van der Waals surface area (Å²) in [4.78, 5) is 22.1. The van der Waals surface area contributed by atoms with E-state index < -0.39 is 17.5 Å². The lowest BCUT2D eigenvalue weighted by molar-refractivity contribution is -0.151. The fraction of sp³-hybridized carbons (Fsp3) is 0.273. The lowest BCUT2D eigenvalue weighted by Gasteiger charge is -1.97. The molecule has 1 aromatic heterocycles. The van der Waals surface area contributed by atoms with Gasteiger partial charge in [-0.25, -0.2) is 4.79 Å². The Morgan fingerprint density at radius 2 is 2.19 bits per heavy atom. The monoisotopic (exact) mass is 224 g/mol. The Hall–Kier alpha value is -2.04. The number of hydrogen-bond donors (Lipinski definition) is 1. The van der Waals surface area contributed by atoms with Gasteiger partial charge in [-0.05, 0) is 26.0 Å². The summed E-state index contributed by atoms with van der Waals surface area (Å²) in [7, 11) is 0. The zero-order valence-electron chi connectivity index (χ0n) is 9.02. The number of ketones is 1. The number of aliphatic hydroxyl groups excluding tert-OH is 1. The fourth-order valence-corrected chi connectivity index (χ4v) is 1.03. The van der Waals surface area contributed by atoms with Crippen molar-refractivity contribution in [2.24, 2.45) is 0 Å². The average Bonchev–Trinajstić information content (AvgIpc) is 2.65. The van der Waals surface area contributed by atoms with Gasteiger partial charge < -0.3 is 14.3 Å². The molecule has 0 saturated heterocycles. The van der Waals surface area contributed by atoms with Gasteiger partial charge in [0.05, 0.1) is 6.61 Å². The maximum Gasteiger partial charge on any atom is 0.379 e. The number of furan rings is 1. The van der Waals surface area contributed by atoms with Gasteiger partial charge in [0.1, 0.15) is 5.76 Å². The molecule has 0 amide bonds. The summed E-state index contributed by atoms with van der Waals surface area (Å²) in [6.45, 7) is 3.40. The molecule has 0 unspecified atom stereocenters. The average molecular weight is 224 g/mol. The SMILES string of the molecule is CCOC(=O)C(=O)C=C(O)c1ccc(C)o1. The third-order valence-corrected chi connectivity index (χ3v) is 1.74. The second kappa shape index (κ2) is 5.16. The number of ether oxygens (including phenoxy) is 1. The molecule has 0 saturated carbocycles. The second-order valence-electron chi connectivity index (χ2n) is 3.02. The smallest absolute Gasteiger partial charge is 0.379 e. The van der Waals surface area contributed by atoms with E-state index in [9.17, 15) is 14.7 Å². The van der Waals surface area contributed by atoms with Crippen LogP contribution in [0.2, 0.25) is 0 Å². The van der Waals surface area contributed by atoms with E-state index in [1.807, 2.05) is 0 Å². The Morgan fingerprint density at radius 3 is 2.69 bits per heavy atom. The van der Waals surface area contributed by atoms with Crippen molar-refractivity contribution in [2.75, 3.05) is 6.61 Å². The van der Waals surface area contributed by atoms with Crippen LogP contribution in [0.25, 0.3) is 5.76 Å². The third-order valence-electron chi connectivity index (χ3n) is 1.74. The van der Waals surface area contributed by atoms with Crippen LogP contribution in [0, 0.1) is 6.92 Å². The van der Waals surface area contributed by atoms with E-state index >= 15 is 0 Å². The highest BCUT2D eigenvalue weighted by atomic mass is 16.5. The Balaban J connectivity index is 2.77. The number of aliphatic hydroxyl groups is 1. The summed E-state index contributed by atoms with van der Waals surface area (Å²) in [5.41, 5.74) is 0. The van der Waals surface area contributed by atoms with E-state index in [0.29, 0.717) is 5.76 Å². The van der Waals surface area contributed by atoms with Gasteiger partial charge >= 0.3 is 5.97 Å². The van der Waals surface area contributed by atoms with Crippen LogP contribution in [0.3, 0.4) is 0 Å². The van der Waals surface area contributed by atoms with Crippen LogP contribution in [0.1, 0.15) is 18.4 Å². The lowest BCUT2D eigenvalue weighted by atomic mass is 10.3. The lowest BCUT2D eigenvalue weighted by Crippen LogP contribution is -2.15. The maximum atomic E-state index is 11.2. The van der Waals surface area contributed by atoms with Crippen molar-refractivity contribution >= 4 is 17.5 Å². The first-order valence-electron chi connectivity index (χ1n) is 4.73. The molecular weight excluding hydrogens is 212 g/mol. The van der Waals surface area contributed by atoms with E-state index in [4.69, 9.17) is 4.42 Å². The molecule has 16 heavy (non-hydrogen) atoms. The molecule has 1 N–H and O–H groups in total. The Bertz CT molecular complexity index is 427. The molecule has 0 aliphatic rings. The predicted molar refractivity (Wildman–Crippen MR) is 55.7 cm³/mol. The molecule has 0 aliphatic carbocycles. The van der Waals surface area contributed by atoms with Gasteiger partial charge in [-0.2, -0.15) is 0 Å². The van der Waals surface area contributed by atoms with Gasteiger partial charge in [0.15, 0.2) is 11.5 Å². The molecule has 0 aromatic carbocycles. The highest BCUT2D eigenvalue weighted by Crippen LogP contribution is 2.14. The van der Waals surface area contributed by atoms with Crippen LogP contribution in [-0.2, 0) is 14.3 Å². The normalized spacial score (nSPS) is 11.2. The zero-order chi connectivity index (χ0) is 12.1. The van der Waals surface area contributed by atoms with Gasteiger partial charge in [0, 0.05) is 6.08 Å². The van der Waals surface area contributed by atoms with Gasteiger partial charge in [0.2, 0.25) is 0 Å². The van der Waals surface area contributed by atoms with Crippen molar-refractivity contribution in [3.63, 3.8) is 0 Å². The first-order valence-corrected chi connectivity index (χ1v) is 4.73. The molecule has 1 rings (SSSR count). The van der Waals surface area contributed by atoms with E-state index in [2.05, 4.69) is 4.74 Å². The Kier molecular flexibility index (Phi) is 3.88. The largest absolute Gasteiger partial charge is 0.504 e. The van der Waals surface area contributed by atoms with Crippen molar-refractivity contribution in [3.05, 3.63) is 29.7 Å². The van der Waals surface area contributed by atoms with E-state index in [1.54, 1.807) is 19.9 Å². The molecule has 86 valence electrons. The van der Waals surface area contributed by atoms with Gasteiger partial charge in [-0.3, -0.25) is 4.79 Å². The van der Waals surface area contributed by atoms with Crippen LogP contribution in [0.5, 0.6) is 0 Å². The summed E-state index contributed by atoms with van der Waals surface area (Å²) in [5, 5.41) is 9.46. The number of carbonyl (C=O) groups excluding carboxylic acids is 2. The van der Waals surface area contributed by atoms with Crippen LogP contribution >= 0.6 is 0 Å². The van der Waals surface area contributed by atoms with E-state index in [-0.39, 0.29) is 12.4 Å². The molecule has 1 aromatic rings. The fourth-order valence-electron chi connectivity index (χ4n) is 1.03. The number of esters is 1. The summed E-state index contributed by atoms with van der Waals surface area (Å²) in [6, 6.07) is 3.13. The number of rotatable bonds is 4. The topological polar surface area (TPSA) is 76.7 Å². The summed E-state index contributed by atoms with van der Waals surface area (Å²) in [5.74, 6) is -1.59. The van der Waals surface area contributed by atoms with Gasteiger partial charge in [0.25, 0.3) is 5.78 Å². The molecule has 0 fully saturated rings. The molecule has 0 bridgehead atoms. The number of aryl methyl sites for hydroxylation is 1. The summed E-state index contributed by atoms with van der Waals surface area (Å²) in [6.07, 6.45) is 0.774. The number of carbonyl (C=O) groups is 2.